The van der Waals surface area contributed by atoms with Gasteiger partial charge in [0.05, 0.1) is 0 Å². The minimum absolute atomic E-state index is 0.103. The van der Waals surface area contributed by atoms with E-state index in [4.69, 9.17) is 11.6 Å². The van der Waals surface area contributed by atoms with Crippen molar-refractivity contribution in [1.82, 2.24) is 4.90 Å². The molecule has 1 heterocycles. The smallest absolute Gasteiger partial charge is 0.253 e. The quantitative estimate of drug-likeness (QED) is 0.672. The van der Waals surface area contributed by atoms with Gasteiger partial charge in [0.15, 0.2) is 0 Å². The van der Waals surface area contributed by atoms with Gasteiger partial charge in [-0.3, -0.25) is 4.79 Å². The zero-order valence-electron chi connectivity index (χ0n) is 10.7. The molecule has 0 atom stereocenters. The highest BCUT2D eigenvalue weighted by molar-refractivity contribution is 14.1. The van der Waals surface area contributed by atoms with Crippen LogP contribution in [0.25, 0.3) is 0 Å². The van der Waals surface area contributed by atoms with Crippen LogP contribution in [-0.2, 0) is 0 Å². The maximum Gasteiger partial charge on any atom is 0.253 e. The first-order valence-corrected chi connectivity index (χ1v) is 7.58. The molecule has 2 nitrogen and oxygen atoms in total. The largest absolute Gasteiger partial charge is 0.339 e. The fraction of sp³-hybridized carbons (Fsp3) is 0.500. The number of amides is 1. The third-order valence-corrected chi connectivity index (χ3v) is 4.35. The topological polar surface area (TPSA) is 20.3 Å². The van der Waals surface area contributed by atoms with Gasteiger partial charge < -0.3 is 4.90 Å². The summed E-state index contributed by atoms with van der Waals surface area (Å²) in [5, 5.41) is 0.627. The van der Waals surface area contributed by atoms with E-state index in [2.05, 4.69) is 36.4 Å². The fourth-order valence-corrected chi connectivity index (χ4v) is 3.27. The van der Waals surface area contributed by atoms with Crippen LogP contribution in [0.2, 0.25) is 5.02 Å². The van der Waals surface area contributed by atoms with E-state index in [1.165, 1.54) is 0 Å². The molecular formula is C14H17ClINO. The van der Waals surface area contributed by atoms with Crippen molar-refractivity contribution >= 4 is 40.1 Å². The Morgan fingerprint density at radius 3 is 2.44 bits per heavy atom. The Bertz CT molecular complexity index is 443. The Labute approximate surface area is 127 Å². The Balaban J connectivity index is 2.12. The SMILES string of the molecule is CC1(C)CCN(C(=O)c2cc(Cl)cc(I)c2)CC1. The number of hydrogen-bond donors (Lipinski definition) is 0. The summed E-state index contributed by atoms with van der Waals surface area (Å²) in [5.41, 5.74) is 1.06. The van der Waals surface area contributed by atoms with Crippen molar-refractivity contribution in [2.24, 2.45) is 5.41 Å². The fourth-order valence-electron chi connectivity index (χ4n) is 2.18. The highest BCUT2D eigenvalue weighted by Crippen LogP contribution is 2.30. The van der Waals surface area contributed by atoms with Gasteiger partial charge in [0.25, 0.3) is 5.91 Å². The van der Waals surface area contributed by atoms with E-state index < -0.39 is 0 Å². The molecule has 4 heteroatoms. The number of carbonyl (C=O) groups is 1. The lowest BCUT2D eigenvalue weighted by atomic mass is 9.82. The van der Waals surface area contributed by atoms with Gasteiger partial charge in [-0.2, -0.15) is 0 Å². The third kappa shape index (κ3) is 3.38. The van der Waals surface area contributed by atoms with Crippen LogP contribution in [-0.4, -0.2) is 23.9 Å². The van der Waals surface area contributed by atoms with E-state index in [0.717, 1.165) is 29.5 Å². The normalized spacial score (nSPS) is 18.8. The van der Waals surface area contributed by atoms with E-state index >= 15 is 0 Å². The highest BCUT2D eigenvalue weighted by Gasteiger charge is 2.28. The number of rotatable bonds is 1. The summed E-state index contributed by atoms with van der Waals surface area (Å²) in [6.07, 6.45) is 2.13. The first kappa shape index (κ1) is 14.1. The molecule has 1 aliphatic heterocycles. The van der Waals surface area contributed by atoms with Crippen molar-refractivity contribution in [3.63, 3.8) is 0 Å². The van der Waals surface area contributed by atoms with E-state index in [1.54, 1.807) is 6.07 Å². The molecule has 1 aliphatic rings. The maximum atomic E-state index is 12.4. The van der Waals surface area contributed by atoms with Crippen molar-refractivity contribution in [2.75, 3.05) is 13.1 Å². The summed E-state index contributed by atoms with van der Waals surface area (Å²) in [6, 6.07) is 5.51. The molecule has 0 unspecified atom stereocenters. The van der Waals surface area contributed by atoms with E-state index in [9.17, 15) is 4.79 Å². The van der Waals surface area contributed by atoms with Crippen LogP contribution in [0.3, 0.4) is 0 Å². The summed E-state index contributed by atoms with van der Waals surface area (Å²) in [5.74, 6) is 0.103. The standard InChI is InChI=1S/C14H17ClINO/c1-14(2)3-5-17(6-4-14)13(18)10-7-11(15)9-12(16)8-10/h7-9H,3-6H2,1-2H3. The highest BCUT2D eigenvalue weighted by atomic mass is 127. The molecule has 1 fully saturated rings. The summed E-state index contributed by atoms with van der Waals surface area (Å²) in [7, 11) is 0. The molecule has 0 saturated carbocycles. The lowest BCUT2D eigenvalue weighted by Crippen LogP contribution is -2.41. The van der Waals surface area contributed by atoms with Crippen molar-refractivity contribution < 1.29 is 4.79 Å². The molecule has 0 spiro atoms. The second-order valence-corrected chi connectivity index (χ2v) is 7.30. The molecule has 0 N–H and O–H groups in total. The lowest BCUT2D eigenvalue weighted by Gasteiger charge is -2.37. The van der Waals surface area contributed by atoms with Crippen molar-refractivity contribution in [1.29, 1.82) is 0 Å². The number of benzene rings is 1. The molecule has 2 rings (SSSR count). The van der Waals surface area contributed by atoms with E-state index in [0.29, 0.717) is 16.0 Å². The molecule has 0 aromatic heterocycles. The number of piperidine rings is 1. The molecule has 18 heavy (non-hydrogen) atoms. The Morgan fingerprint density at radius 2 is 1.89 bits per heavy atom. The van der Waals surface area contributed by atoms with Crippen LogP contribution < -0.4 is 0 Å². The summed E-state index contributed by atoms with van der Waals surface area (Å²) in [6.45, 7) is 6.21. The van der Waals surface area contributed by atoms with E-state index in [-0.39, 0.29) is 5.91 Å². The number of likely N-dealkylation sites (tertiary alicyclic amines) is 1. The van der Waals surface area contributed by atoms with Gasteiger partial charge in [0.2, 0.25) is 0 Å². The van der Waals surface area contributed by atoms with E-state index in [1.807, 2.05) is 17.0 Å². The number of halogens is 2. The Hall–Kier alpha value is -0.290. The lowest BCUT2D eigenvalue weighted by molar-refractivity contribution is 0.0630. The number of nitrogens with zero attached hydrogens (tertiary/aromatic N) is 1. The van der Waals surface area contributed by atoms with Gasteiger partial charge >= 0.3 is 0 Å². The molecule has 1 amide bonds. The first-order chi connectivity index (χ1) is 8.37. The summed E-state index contributed by atoms with van der Waals surface area (Å²) < 4.78 is 1.00. The van der Waals surface area contributed by atoms with Gasteiger partial charge in [-0.1, -0.05) is 25.4 Å². The van der Waals surface area contributed by atoms with Gasteiger partial charge in [-0.15, -0.1) is 0 Å². The minimum atomic E-state index is 0.103. The predicted octanol–water partition coefficient (Wildman–Crippen LogP) is 4.21. The van der Waals surface area contributed by atoms with Crippen LogP contribution in [0, 0.1) is 8.99 Å². The van der Waals surface area contributed by atoms with Gasteiger partial charge in [0, 0.05) is 27.2 Å². The second kappa shape index (κ2) is 5.37. The maximum absolute atomic E-state index is 12.4. The zero-order chi connectivity index (χ0) is 13.3. The minimum Gasteiger partial charge on any atom is -0.339 e. The Morgan fingerprint density at radius 1 is 1.28 bits per heavy atom. The van der Waals surface area contributed by atoms with Gasteiger partial charge in [-0.25, -0.2) is 0 Å². The van der Waals surface area contributed by atoms with Crippen molar-refractivity contribution in [3.8, 4) is 0 Å². The van der Waals surface area contributed by atoms with Crippen LogP contribution in [0.15, 0.2) is 18.2 Å². The van der Waals surface area contributed by atoms with Crippen LogP contribution in [0.5, 0.6) is 0 Å². The van der Waals surface area contributed by atoms with Crippen LogP contribution >= 0.6 is 34.2 Å². The monoisotopic (exact) mass is 377 g/mol. The molecule has 0 bridgehead atoms. The van der Waals surface area contributed by atoms with Crippen LogP contribution in [0.1, 0.15) is 37.0 Å². The van der Waals surface area contributed by atoms with Crippen LogP contribution in [0.4, 0.5) is 0 Å². The third-order valence-electron chi connectivity index (χ3n) is 3.51. The second-order valence-electron chi connectivity index (χ2n) is 5.61. The molecular weight excluding hydrogens is 361 g/mol. The summed E-state index contributed by atoms with van der Waals surface area (Å²) >= 11 is 8.19. The molecule has 1 aromatic carbocycles. The molecule has 98 valence electrons. The molecule has 0 aliphatic carbocycles. The average Bonchev–Trinajstić information content (AvgIpc) is 2.27. The van der Waals surface area contributed by atoms with Crippen molar-refractivity contribution in [2.45, 2.75) is 26.7 Å². The van der Waals surface area contributed by atoms with Gasteiger partial charge in [-0.05, 0) is 59.0 Å². The number of hydrogen-bond acceptors (Lipinski definition) is 1. The zero-order valence-corrected chi connectivity index (χ0v) is 13.6. The summed E-state index contributed by atoms with van der Waals surface area (Å²) in [4.78, 5) is 14.3. The first-order valence-electron chi connectivity index (χ1n) is 6.13. The number of carbonyl (C=O) groups excluding carboxylic acids is 1. The molecule has 1 saturated heterocycles. The Kier molecular flexibility index (Phi) is 4.22. The predicted molar refractivity (Wildman–Crippen MR) is 83.1 cm³/mol. The van der Waals surface area contributed by atoms with Crippen molar-refractivity contribution in [3.05, 3.63) is 32.4 Å². The molecule has 1 aromatic rings. The average molecular weight is 378 g/mol. The molecule has 0 radical (unpaired) electrons. The van der Waals surface area contributed by atoms with Gasteiger partial charge in [0.1, 0.15) is 0 Å².